The molecule has 1 aromatic heterocycles. The number of hydrogen-bond donors (Lipinski definition) is 0. The van der Waals surface area contributed by atoms with Crippen molar-refractivity contribution in [3.05, 3.63) is 23.0 Å². The molecule has 2 aromatic rings. The molecule has 1 aromatic carbocycles. The van der Waals surface area contributed by atoms with Crippen molar-refractivity contribution in [2.45, 2.75) is 6.42 Å². The summed E-state index contributed by atoms with van der Waals surface area (Å²) in [5.74, 6) is 4.42. The van der Waals surface area contributed by atoms with Gasteiger partial charge >= 0.3 is 0 Å². The Balaban J connectivity index is 1.76. The van der Waals surface area contributed by atoms with Crippen molar-refractivity contribution >= 4 is 11.6 Å². The molecule has 0 saturated carbocycles. The first kappa shape index (κ1) is 14.7. The monoisotopic (exact) mass is 320 g/mol. The maximum atomic E-state index is 6.19. The fourth-order valence-corrected chi connectivity index (χ4v) is 2.27. The zero-order chi connectivity index (χ0) is 15.4. The zero-order valence-corrected chi connectivity index (χ0v) is 12.4. The van der Waals surface area contributed by atoms with E-state index in [1.807, 2.05) is 0 Å². The number of fused-ring (bicyclic) bond motifs is 1. The Morgan fingerprint density at radius 3 is 3.05 bits per heavy atom. The highest BCUT2D eigenvalue weighted by atomic mass is 35.5. The van der Waals surface area contributed by atoms with E-state index in [1.54, 1.807) is 12.1 Å². The predicted molar refractivity (Wildman–Crippen MR) is 79.1 cm³/mol. The molecule has 0 atom stereocenters. The van der Waals surface area contributed by atoms with Gasteiger partial charge in [0, 0.05) is 5.56 Å². The van der Waals surface area contributed by atoms with Crippen LogP contribution in [0.4, 0.5) is 0 Å². The minimum Gasteiger partial charge on any atom is -0.486 e. The van der Waals surface area contributed by atoms with Crippen LogP contribution >= 0.6 is 11.6 Å². The third-order valence-electron chi connectivity index (χ3n) is 2.97. The molecule has 6 nitrogen and oxygen atoms in total. The molecule has 0 fully saturated rings. The fraction of sp³-hybridized carbons (Fsp3) is 0.333. The van der Waals surface area contributed by atoms with E-state index < -0.39 is 0 Å². The smallest absolute Gasteiger partial charge is 0.229 e. The van der Waals surface area contributed by atoms with Gasteiger partial charge in [0.05, 0.1) is 18.1 Å². The van der Waals surface area contributed by atoms with Crippen LogP contribution < -0.4 is 9.47 Å². The summed E-state index contributed by atoms with van der Waals surface area (Å²) in [7, 11) is 0. The van der Waals surface area contributed by atoms with Gasteiger partial charge in [-0.15, -0.1) is 6.42 Å². The molecular weight excluding hydrogens is 308 g/mol. The van der Waals surface area contributed by atoms with Gasteiger partial charge in [0.2, 0.25) is 11.7 Å². The Morgan fingerprint density at radius 1 is 1.32 bits per heavy atom. The summed E-state index contributed by atoms with van der Waals surface area (Å²) < 4.78 is 21.4. The van der Waals surface area contributed by atoms with Crippen molar-refractivity contribution < 1.29 is 18.7 Å². The third kappa shape index (κ3) is 3.16. The standard InChI is InChI=1S/C15H13ClN2O4/c1-2-4-19-5-3-13-17-15(18-22-13)10-8-11(16)14-12(9-10)20-6-7-21-14/h1,8-9H,3-7H2. The van der Waals surface area contributed by atoms with E-state index in [0.717, 1.165) is 0 Å². The molecule has 22 heavy (non-hydrogen) atoms. The molecule has 1 aliphatic heterocycles. The topological polar surface area (TPSA) is 66.6 Å². The summed E-state index contributed by atoms with van der Waals surface area (Å²) in [6.07, 6.45) is 5.59. The first-order chi connectivity index (χ1) is 10.8. The Morgan fingerprint density at radius 2 is 2.18 bits per heavy atom. The molecule has 0 spiro atoms. The third-order valence-corrected chi connectivity index (χ3v) is 3.25. The van der Waals surface area contributed by atoms with Crippen LogP contribution in [0.1, 0.15) is 5.89 Å². The maximum absolute atomic E-state index is 6.19. The molecule has 1 aliphatic rings. The summed E-state index contributed by atoms with van der Waals surface area (Å²) in [6.45, 7) is 1.65. The molecule has 7 heteroatoms. The van der Waals surface area contributed by atoms with Crippen LogP contribution in [0, 0.1) is 12.3 Å². The largest absolute Gasteiger partial charge is 0.486 e. The number of halogens is 1. The number of hydrogen-bond acceptors (Lipinski definition) is 6. The van der Waals surface area contributed by atoms with E-state index in [1.165, 1.54) is 0 Å². The second-order valence-electron chi connectivity index (χ2n) is 4.50. The van der Waals surface area contributed by atoms with Gasteiger partial charge in [0.1, 0.15) is 19.8 Å². The van der Waals surface area contributed by atoms with Crippen LogP contribution in [0.25, 0.3) is 11.4 Å². The van der Waals surface area contributed by atoms with Gasteiger partial charge < -0.3 is 18.7 Å². The summed E-state index contributed by atoms with van der Waals surface area (Å²) in [4.78, 5) is 4.30. The highest BCUT2D eigenvalue weighted by molar-refractivity contribution is 6.32. The highest BCUT2D eigenvalue weighted by Gasteiger charge is 2.19. The zero-order valence-electron chi connectivity index (χ0n) is 11.7. The van der Waals surface area contributed by atoms with Crippen molar-refractivity contribution in [2.75, 3.05) is 26.4 Å². The van der Waals surface area contributed by atoms with Gasteiger partial charge in [0.25, 0.3) is 0 Å². The second-order valence-corrected chi connectivity index (χ2v) is 4.91. The van der Waals surface area contributed by atoms with Crippen LogP contribution in [-0.2, 0) is 11.2 Å². The minimum atomic E-state index is 0.263. The molecule has 0 amide bonds. The molecule has 0 saturated heterocycles. The van der Waals surface area contributed by atoms with Crippen LogP contribution in [0.15, 0.2) is 16.7 Å². The Bertz CT molecular complexity index is 708. The average molecular weight is 321 g/mol. The fourth-order valence-electron chi connectivity index (χ4n) is 2.00. The van der Waals surface area contributed by atoms with Crippen molar-refractivity contribution in [1.29, 1.82) is 0 Å². The van der Waals surface area contributed by atoms with Crippen LogP contribution in [0.3, 0.4) is 0 Å². The predicted octanol–water partition coefficient (Wildman–Crippen LogP) is 2.35. The lowest BCUT2D eigenvalue weighted by atomic mass is 10.2. The van der Waals surface area contributed by atoms with E-state index in [2.05, 4.69) is 16.1 Å². The average Bonchev–Trinajstić information content (AvgIpc) is 3.00. The summed E-state index contributed by atoms with van der Waals surface area (Å²) in [5.41, 5.74) is 0.703. The first-order valence-corrected chi connectivity index (χ1v) is 7.09. The lowest BCUT2D eigenvalue weighted by molar-refractivity contribution is 0.162. The molecule has 2 heterocycles. The number of aromatic nitrogens is 2. The van der Waals surface area contributed by atoms with E-state index in [9.17, 15) is 0 Å². The quantitative estimate of drug-likeness (QED) is 0.622. The summed E-state index contributed by atoms with van der Waals surface area (Å²) in [6, 6.07) is 3.50. The highest BCUT2D eigenvalue weighted by Crippen LogP contribution is 2.40. The molecule has 0 radical (unpaired) electrons. The Kier molecular flexibility index (Phi) is 4.47. The van der Waals surface area contributed by atoms with Crippen molar-refractivity contribution in [3.8, 4) is 35.2 Å². The maximum Gasteiger partial charge on any atom is 0.229 e. The lowest BCUT2D eigenvalue weighted by Gasteiger charge is -2.19. The summed E-state index contributed by atoms with van der Waals surface area (Å²) in [5, 5.41) is 4.39. The lowest BCUT2D eigenvalue weighted by Crippen LogP contribution is -2.15. The second kappa shape index (κ2) is 6.69. The SMILES string of the molecule is C#CCOCCc1nc(-c2cc(Cl)c3c(c2)OCCO3)no1. The summed E-state index contributed by atoms with van der Waals surface area (Å²) >= 11 is 6.19. The van der Waals surface area contributed by atoms with Gasteiger partial charge in [0.15, 0.2) is 11.5 Å². The van der Waals surface area contributed by atoms with Crippen LogP contribution in [-0.4, -0.2) is 36.6 Å². The van der Waals surface area contributed by atoms with E-state index >= 15 is 0 Å². The first-order valence-electron chi connectivity index (χ1n) is 6.71. The van der Waals surface area contributed by atoms with Gasteiger partial charge in [-0.2, -0.15) is 4.98 Å². The normalized spacial score (nSPS) is 12.9. The van der Waals surface area contributed by atoms with Gasteiger partial charge in [-0.1, -0.05) is 22.7 Å². The van der Waals surface area contributed by atoms with Gasteiger partial charge in [-0.3, -0.25) is 0 Å². The van der Waals surface area contributed by atoms with E-state index in [0.29, 0.717) is 60.0 Å². The Labute approximate surface area is 132 Å². The van der Waals surface area contributed by atoms with Gasteiger partial charge in [-0.05, 0) is 12.1 Å². The van der Waals surface area contributed by atoms with Crippen molar-refractivity contribution in [2.24, 2.45) is 0 Å². The molecule has 0 N–H and O–H groups in total. The number of terminal acetylenes is 1. The number of nitrogens with zero attached hydrogens (tertiary/aromatic N) is 2. The minimum absolute atomic E-state index is 0.263. The molecule has 0 aliphatic carbocycles. The Hall–Kier alpha value is -2.23. The molecule has 0 unspecified atom stereocenters. The number of benzene rings is 1. The van der Waals surface area contributed by atoms with Crippen LogP contribution in [0.5, 0.6) is 11.5 Å². The molecular formula is C15H13ClN2O4. The van der Waals surface area contributed by atoms with Crippen molar-refractivity contribution in [3.63, 3.8) is 0 Å². The number of ether oxygens (including phenoxy) is 3. The van der Waals surface area contributed by atoms with Crippen LogP contribution in [0.2, 0.25) is 5.02 Å². The molecule has 114 valence electrons. The number of rotatable bonds is 5. The molecule has 3 rings (SSSR count). The van der Waals surface area contributed by atoms with E-state index in [-0.39, 0.29) is 6.61 Å². The molecule has 0 bridgehead atoms. The van der Waals surface area contributed by atoms with E-state index in [4.69, 9.17) is 36.8 Å². The van der Waals surface area contributed by atoms with Crippen molar-refractivity contribution in [1.82, 2.24) is 10.1 Å². The van der Waals surface area contributed by atoms with Gasteiger partial charge in [-0.25, -0.2) is 0 Å².